The first kappa shape index (κ1) is 21.1. The molecule has 0 spiro atoms. The van der Waals surface area contributed by atoms with Crippen molar-refractivity contribution in [3.63, 3.8) is 0 Å². The van der Waals surface area contributed by atoms with Crippen molar-refractivity contribution < 1.29 is 27.2 Å². The number of amides is 1. The molecule has 28 heavy (non-hydrogen) atoms. The largest absolute Gasteiger partial charge is 0.405 e. The van der Waals surface area contributed by atoms with Crippen LogP contribution in [-0.2, 0) is 4.79 Å². The number of nitrogens with one attached hydrogen (secondary N) is 1. The summed E-state index contributed by atoms with van der Waals surface area (Å²) in [6.07, 6.45) is -4.53. The van der Waals surface area contributed by atoms with Crippen molar-refractivity contribution in [2.45, 2.75) is 6.18 Å². The number of nitrogens with zero attached hydrogens (tertiary/aromatic N) is 1. The third-order valence-electron chi connectivity index (χ3n) is 3.91. The van der Waals surface area contributed by atoms with Gasteiger partial charge in [-0.15, -0.1) is 0 Å². The van der Waals surface area contributed by atoms with Crippen LogP contribution in [0.15, 0.2) is 33.2 Å². The predicted molar refractivity (Wildman–Crippen MR) is 104 cm³/mol. The predicted octanol–water partition coefficient (Wildman–Crippen LogP) is 5.56. The van der Waals surface area contributed by atoms with Crippen molar-refractivity contribution >= 4 is 66.5 Å². The Morgan fingerprint density at radius 2 is 1.93 bits per heavy atom. The molecular formula is C17H9Br2ClF4N2O2. The zero-order valence-electron chi connectivity index (χ0n) is 13.6. The molecular weight excluding hydrogens is 535 g/mol. The molecule has 0 saturated heterocycles. The maximum absolute atomic E-state index is 13.6. The first-order valence-corrected chi connectivity index (χ1v) is 9.57. The molecule has 0 aliphatic carbocycles. The van der Waals surface area contributed by atoms with Gasteiger partial charge in [-0.2, -0.15) is 13.2 Å². The van der Waals surface area contributed by atoms with Gasteiger partial charge < -0.3 is 10.2 Å². The minimum absolute atomic E-state index is 0.00524. The highest BCUT2D eigenvalue weighted by atomic mass is 79.9. The van der Waals surface area contributed by atoms with Crippen LogP contribution in [-0.4, -0.2) is 31.0 Å². The molecule has 148 valence electrons. The number of fused-ring (bicyclic) bond motifs is 1. The van der Waals surface area contributed by atoms with Crippen LogP contribution in [0.2, 0.25) is 5.02 Å². The second-order valence-electron chi connectivity index (χ2n) is 5.91. The molecule has 0 saturated carbocycles. The zero-order chi connectivity index (χ0) is 20.8. The number of carbonyl (C=O) groups is 2. The van der Waals surface area contributed by atoms with E-state index in [-0.39, 0.29) is 36.5 Å². The molecule has 1 amide bonds. The van der Waals surface area contributed by atoms with Gasteiger partial charge in [-0.3, -0.25) is 9.59 Å². The van der Waals surface area contributed by atoms with Crippen LogP contribution in [0.1, 0.15) is 15.9 Å². The number of benzene rings is 2. The van der Waals surface area contributed by atoms with Gasteiger partial charge in [0.25, 0.3) is 0 Å². The van der Waals surface area contributed by atoms with Gasteiger partial charge in [-0.25, -0.2) is 4.39 Å². The maximum Gasteiger partial charge on any atom is 0.405 e. The van der Waals surface area contributed by atoms with Crippen molar-refractivity contribution in [3.8, 4) is 0 Å². The number of halogens is 7. The summed E-state index contributed by atoms with van der Waals surface area (Å²) >= 11 is 12.4. The van der Waals surface area contributed by atoms with Crippen LogP contribution >= 0.6 is 43.5 Å². The van der Waals surface area contributed by atoms with E-state index in [1.54, 1.807) is 0 Å². The Kier molecular flexibility index (Phi) is 5.75. The standard InChI is InChI=1S/C17H9Br2ClF4N2O2/c18-9-4-11-15(25-12(27)5-26(11)6-17(22,23)24)14(19)13(9)16(28)8-3-7(21)1-2-10(8)20/h1-4H,5-6H2,(H,25,27). The number of carbonyl (C=O) groups excluding carboxylic acids is 2. The summed E-state index contributed by atoms with van der Waals surface area (Å²) in [6.45, 7) is -1.83. The third-order valence-corrected chi connectivity index (χ3v) is 5.66. The summed E-state index contributed by atoms with van der Waals surface area (Å²) < 4.78 is 52.4. The topological polar surface area (TPSA) is 49.4 Å². The average Bonchev–Trinajstić information content (AvgIpc) is 2.56. The lowest BCUT2D eigenvalue weighted by atomic mass is 10.0. The van der Waals surface area contributed by atoms with E-state index in [1.165, 1.54) is 12.1 Å². The molecule has 11 heteroatoms. The fraction of sp³-hybridized carbons (Fsp3) is 0.176. The highest BCUT2D eigenvalue weighted by molar-refractivity contribution is 9.11. The van der Waals surface area contributed by atoms with E-state index in [0.29, 0.717) is 0 Å². The molecule has 3 rings (SSSR count). The molecule has 2 aromatic carbocycles. The molecule has 0 radical (unpaired) electrons. The van der Waals surface area contributed by atoms with Crippen molar-refractivity contribution in [1.29, 1.82) is 0 Å². The molecule has 0 fully saturated rings. The van der Waals surface area contributed by atoms with E-state index in [1.807, 2.05) is 0 Å². The molecule has 0 atom stereocenters. The molecule has 1 N–H and O–H groups in total. The minimum atomic E-state index is -4.53. The summed E-state index contributed by atoms with van der Waals surface area (Å²) in [6, 6.07) is 4.56. The molecule has 1 heterocycles. The van der Waals surface area contributed by atoms with E-state index in [9.17, 15) is 27.2 Å². The highest BCUT2D eigenvalue weighted by Crippen LogP contribution is 2.44. The van der Waals surface area contributed by atoms with Gasteiger partial charge in [0.2, 0.25) is 5.91 Å². The zero-order valence-corrected chi connectivity index (χ0v) is 17.6. The van der Waals surface area contributed by atoms with Crippen LogP contribution < -0.4 is 10.2 Å². The number of anilines is 2. The van der Waals surface area contributed by atoms with E-state index >= 15 is 0 Å². The second kappa shape index (κ2) is 7.64. The first-order valence-electron chi connectivity index (χ1n) is 7.61. The highest BCUT2D eigenvalue weighted by Gasteiger charge is 2.36. The molecule has 4 nitrogen and oxygen atoms in total. The average molecular weight is 545 g/mol. The summed E-state index contributed by atoms with van der Waals surface area (Å²) in [5.41, 5.74) is -0.0464. The Hall–Kier alpha value is -1.65. The van der Waals surface area contributed by atoms with Gasteiger partial charge in [0.15, 0.2) is 5.78 Å². The van der Waals surface area contributed by atoms with Gasteiger partial charge >= 0.3 is 6.18 Å². The van der Waals surface area contributed by atoms with E-state index in [0.717, 1.165) is 17.0 Å². The maximum atomic E-state index is 13.6. The summed E-state index contributed by atoms with van der Waals surface area (Å²) in [7, 11) is 0. The smallest absolute Gasteiger partial charge is 0.351 e. The Labute approximate surface area is 178 Å². The lowest BCUT2D eigenvalue weighted by Crippen LogP contribution is -2.43. The van der Waals surface area contributed by atoms with Crippen LogP contribution in [0.4, 0.5) is 28.9 Å². The Bertz CT molecular complexity index is 998. The van der Waals surface area contributed by atoms with Crippen molar-refractivity contribution in [3.05, 3.63) is 55.2 Å². The van der Waals surface area contributed by atoms with Gasteiger partial charge in [-0.05, 0) is 56.1 Å². The second-order valence-corrected chi connectivity index (χ2v) is 7.97. The van der Waals surface area contributed by atoms with E-state index in [4.69, 9.17) is 11.6 Å². The molecule has 0 unspecified atom stereocenters. The molecule has 0 aromatic heterocycles. The monoisotopic (exact) mass is 542 g/mol. The van der Waals surface area contributed by atoms with Crippen LogP contribution in [0.5, 0.6) is 0 Å². The van der Waals surface area contributed by atoms with Gasteiger partial charge in [0.1, 0.15) is 12.4 Å². The van der Waals surface area contributed by atoms with Crippen LogP contribution in [0.3, 0.4) is 0 Å². The Morgan fingerprint density at radius 3 is 2.57 bits per heavy atom. The Morgan fingerprint density at radius 1 is 1.25 bits per heavy atom. The number of hydrogen-bond acceptors (Lipinski definition) is 3. The van der Waals surface area contributed by atoms with Gasteiger partial charge in [-0.1, -0.05) is 11.6 Å². The lowest BCUT2D eigenvalue weighted by molar-refractivity contribution is -0.122. The number of ketones is 1. The van der Waals surface area contributed by atoms with Crippen LogP contribution in [0, 0.1) is 5.82 Å². The molecule has 2 aromatic rings. The van der Waals surface area contributed by atoms with Crippen molar-refractivity contribution in [2.24, 2.45) is 0 Å². The number of rotatable bonds is 3. The van der Waals surface area contributed by atoms with Crippen molar-refractivity contribution in [2.75, 3.05) is 23.3 Å². The fourth-order valence-electron chi connectivity index (χ4n) is 2.78. The fourth-order valence-corrected chi connectivity index (χ4v) is 4.54. The van der Waals surface area contributed by atoms with Gasteiger partial charge in [0, 0.05) is 10.0 Å². The Balaban J connectivity index is 2.14. The molecule has 1 aliphatic rings. The number of hydrogen-bond donors (Lipinski definition) is 1. The summed E-state index contributed by atoms with van der Waals surface area (Å²) in [5, 5.41) is 2.47. The lowest BCUT2D eigenvalue weighted by Gasteiger charge is -2.33. The SMILES string of the molecule is O=C1CN(CC(F)(F)F)c2cc(Br)c(C(=O)c3cc(F)ccc3Cl)c(Br)c2N1. The minimum Gasteiger partial charge on any atom is -0.351 e. The van der Waals surface area contributed by atoms with E-state index in [2.05, 4.69) is 37.2 Å². The first-order chi connectivity index (χ1) is 13.0. The van der Waals surface area contributed by atoms with Crippen molar-refractivity contribution in [1.82, 2.24) is 0 Å². The normalized spacial score (nSPS) is 14.0. The third kappa shape index (κ3) is 4.18. The summed E-state index contributed by atoms with van der Waals surface area (Å²) in [5.74, 6) is -2.02. The summed E-state index contributed by atoms with van der Waals surface area (Å²) in [4.78, 5) is 25.7. The van der Waals surface area contributed by atoms with Crippen LogP contribution in [0.25, 0.3) is 0 Å². The quantitative estimate of drug-likeness (QED) is 0.407. The molecule has 1 aliphatic heterocycles. The molecule has 0 bridgehead atoms. The van der Waals surface area contributed by atoms with E-state index < -0.39 is 36.8 Å². The number of alkyl halides is 3. The van der Waals surface area contributed by atoms with Gasteiger partial charge in [0.05, 0.1) is 33.0 Å².